The van der Waals surface area contributed by atoms with Gasteiger partial charge in [0.25, 0.3) is 11.8 Å². The number of hydrogen-bond acceptors (Lipinski definition) is 7. The Balaban J connectivity index is 1.33. The fourth-order valence-electron chi connectivity index (χ4n) is 4.63. The molecule has 4 aromatic rings. The molecular weight excluding hydrogens is 508 g/mol. The molecule has 10 nitrogen and oxygen atoms in total. The maximum atomic E-state index is 13.3. The first-order chi connectivity index (χ1) is 19.5. The van der Waals surface area contributed by atoms with Crippen molar-refractivity contribution in [3.63, 3.8) is 0 Å². The highest BCUT2D eigenvalue weighted by molar-refractivity contribution is 6.38. The van der Waals surface area contributed by atoms with Crippen LogP contribution in [0.15, 0.2) is 85.5 Å². The van der Waals surface area contributed by atoms with Crippen molar-refractivity contribution >= 4 is 17.6 Å². The Morgan fingerprint density at radius 3 is 2.40 bits per heavy atom. The van der Waals surface area contributed by atoms with E-state index in [-0.39, 0.29) is 12.0 Å². The Morgan fingerprint density at radius 1 is 0.925 bits per heavy atom. The third kappa shape index (κ3) is 6.48. The number of primary amides is 1. The number of carbonyl (C=O) groups is 3. The Labute approximate surface area is 231 Å². The average Bonchev–Trinajstić information content (AvgIpc) is 3.48. The second kappa shape index (κ2) is 12.5. The van der Waals surface area contributed by atoms with E-state index in [1.54, 1.807) is 35.4 Å². The van der Waals surface area contributed by atoms with E-state index in [0.29, 0.717) is 5.82 Å². The first-order valence-corrected chi connectivity index (χ1v) is 13.0. The number of morpholine rings is 1. The van der Waals surface area contributed by atoms with Gasteiger partial charge in [-0.25, -0.2) is 9.97 Å². The number of aromatic nitrogens is 3. The number of imidazole rings is 1. The zero-order valence-corrected chi connectivity index (χ0v) is 21.9. The van der Waals surface area contributed by atoms with Gasteiger partial charge in [0.2, 0.25) is 5.78 Å². The first-order valence-electron chi connectivity index (χ1n) is 13.0. The number of nitrogens with one attached hydrogen (secondary N) is 1. The standard InChI is InChI=1S/C30H30N6O4/c31-28(38)27(37)25(17-21-5-2-1-3-6-21)34-30(39)24-7-4-12-32-29(24)36-19-26(33-20-36)23-10-8-22(9-11-23)18-35-13-15-40-16-14-35/h1-12,19-20,25H,13-18H2,(H2,31,38)(H,34,39). The van der Waals surface area contributed by atoms with Crippen LogP contribution in [0, 0.1) is 0 Å². The number of benzene rings is 2. The molecule has 3 N–H and O–H groups in total. The highest BCUT2D eigenvalue weighted by atomic mass is 16.5. The minimum absolute atomic E-state index is 0.126. The van der Waals surface area contributed by atoms with Gasteiger partial charge < -0.3 is 15.8 Å². The Morgan fingerprint density at radius 2 is 1.68 bits per heavy atom. The molecule has 2 aromatic heterocycles. The van der Waals surface area contributed by atoms with Gasteiger partial charge in [-0.2, -0.15) is 0 Å². The van der Waals surface area contributed by atoms with Gasteiger partial charge in [-0.1, -0.05) is 54.6 Å². The number of amides is 2. The summed E-state index contributed by atoms with van der Waals surface area (Å²) in [7, 11) is 0. The lowest BCUT2D eigenvalue weighted by Crippen LogP contribution is -2.47. The Kier molecular flexibility index (Phi) is 8.38. The highest BCUT2D eigenvalue weighted by Crippen LogP contribution is 2.21. The highest BCUT2D eigenvalue weighted by Gasteiger charge is 2.27. The summed E-state index contributed by atoms with van der Waals surface area (Å²) in [5.41, 5.74) is 9.14. The maximum absolute atomic E-state index is 13.3. The molecule has 0 aliphatic carbocycles. The van der Waals surface area contributed by atoms with Crippen LogP contribution in [0.4, 0.5) is 0 Å². The molecule has 0 spiro atoms. The molecular formula is C30H30N6O4. The van der Waals surface area contributed by atoms with E-state index in [9.17, 15) is 14.4 Å². The second-order valence-electron chi connectivity index (χ2n) is 9.57. The SMILES string of the molecule is NC(=O)C(=O)C(Cc1ccccc1)NC(=O)c1cccnc1-n1cnc(-c2ccc(CN3CCOCC3)cc2)c1. The van der Waals surface area contributed by atoms with E-state index in [1.807, 2.05) is 42.5 Å². The van der Waals surface area contributed by atoms with E-state index in [0.717, 1.165) is 49.7 Å². The van der Waals surface area contributed by atoms with Gasteiger partial charge in [-0.3, -0.25) is 23.9 Å². The van der Waals surface area contributed by atoms with Gasteiger partial charge in [0.15, 0.2) is 5.82 Å². The molecule has 204 valence electrons. The van der Waals surface area contributed by atoms with Crippen LogP contribution in [0.3, 0.4) is 0 Å². The largest absolute Gasteiger partial charge is 0.379 e. The predicted octanol–water partition coefficient (Wildman–Crippen LogP) is 2.16. The smallest absolute Gasteiger partial charge is 0.287 e. The van der Waals surface area contributed by atoms with Gasteiger partial charge in [0, 0.05) is 44.0 Å². The van der Waals surface area contributed by atoms with Crippen molar-refractivity contribution in [3.8, 4) is 17.1 Å². The van der Waals surface area contributed by atoms with Gasteiger partial charge in [0.05, 0.1) is 24.5 Å². The number of Topliss-reactive ketones (excluding diaryl/α,β-unsaturated/α-hetero) is 1. The quantitative estimate of drug-likeness (QED) is 0.296. The number of ether oxygens (including phenoxy) is 1. The molecule has 1 atom stereocenters. The molecule has 0 bridgehead atoms. The number of hydrogen-bond donors (Lipinski definition) is 2. The minimum Gasteiger partial charge on any atom is -0.379 e. The summed E-state index contributed by atoms with van der Waals surface area (Å²) >= 11 is 0. The number of carbonyl (C=O) groups excluding carboxylic acids is 3. The molecule has 40 heavy (non-hydrogen) atoms. The Hall–Kier alpha value is -4.67. The van der Waals surface area contributed by atoms with Gasteiger partial charge in [0.1, 0.15) is 12.4 Å². The molecule has 0 saturated carbocycles. The van der Waals surface area contributed by atoms with Crippen molar-refractivity contribution in [1.29, 1.82) is 0 Å². The third-order valence-electron chi connectivity index (χ3n) is 6.77. The summed E-state index contributed by atoms with van der Waals surface area (Å²) in [5, 5.41) is 2.68. The molecule has 3 heterocycles. The summed E-state index contributed by atoms with van der Waals surface area (Å²) in [6, 6.07) is 19.4. The van der Waals surface area contributed by atoms with Crippen molar-refractivity contribution in [3.05, 3.63) is 102 Å². The van der Waals surface area contributed by atoms with Crippen molar-refractivity contribution < 1.29 is 19.1 Å². The number of rotatable bonds is 10. The summed E-state index contributed by atoms with van der Waals surface area (Å²) < 4.78 is 7.08. The van der Waals surface area contributed by atoms with Crippen molar-refractivity contribution in [2.24, 2.45) is 5.73 Å². The lowest BCUT2D eigenvalue weighted by Gasteiger charge is -2.26. The number of nitrogens with zero attached hydrogens (tertiary/aromatic N) is 4. The van der Waals surface area contributed by atoms with Crippen molar-refractivity contribution in [2.45, 2.75) is 19.0 Å². The first kappa shape index (κ1) is 26.9. The van der Waals surface area contributed by atoms with E-state index in [4.69, 9.17) is 10.5 Å². The van der Waals surface area contributed by atoms with E-state index < -0.39 is 23.6 Å². The monoisotopic (exact) mass is 538 g/mol. The minimum atomic E-state index is -1.12. The van der Waals surface area contributed by atoms with Crippen LogP contribution in [0.5, 0.6) is 0 Å². The van der Waals surface area contributed by atoms with E-state index in [1.165, 1.54) is 5.56 Å². The topological polar surface area (TPSA) is 132 Å². The third-order valence-corrected chi connectivity index (χ3v) is 6.77. The van der Waals surface area contributed by atoms with Crippen LogP contribution < -0.4 is 11.1 Å². The molecule has 1 fully saturated rings. The van der Waals surface area contributed by atoms with Crippen LogP contribution >= 0.6 is 0 Å². The summed E-state index contributed by atoms with van der Waals surface area (Å²) in [6.45, 7) is 4.25. The zero-order chi connectivity index (χ0) is 27.9. The fraction of sp³-hybridized carbons (Fsp3) is 0.233. The van der Waals surface area contributed by atoms with Crippen LogP contribution in [-0.4, -0.2) is 69.4 Å². The zero-order valence-electron chi connectivity index (χ0n) is 21.9. The van der Waals surface area contributed by atoms with Gasteiger partial charge in [-0.05, 0) is 23.3 Å². The van der Waals surface area contributed by atoms with Crippen molar-refractivity contribution in [1.82, 2.24) is 24.8 Å². The fourth-order valence-corrected chi connectivity index (χ4v) is 4.63. The lowest BCUT2D eigenvalue weighted by molar-refractivity contribution is -0.137. The molecule has 1 saturated heterocycles. The van der Waals surface area contributed by atoms with E-state index >= 15 is 0 Å². The maximum Gasteiger partial charge on any atom is 0.287 e. The van der Waals surface area contributed by atoms with Crippen LogP contribution in [-0.2, 0) is 27.3 Å². The molecule has 0 radical (unpaired) electrons. The lowest BCUT2D eigenvalue weighted by atomic mass is 10.0. The van der Waals surface area contributed by atoms with Gasteiger partial charge in [-0.15, -0.1) is 0 Å². The van der Waals surface area contributed by atoms with Crippen molar-refractivity contribution in [2.75, 3.05) is 26.3 Å². The number of nitrogens with two attached hydrogens (primary N) is 1. The van der Waals surface area contributed by atoms with Gasteiger partial charge >= 0.3 is 0 Å². The van der Waals surface area contributed by atoms with E-state index in [2.05, 4.69) is 32.3 Å². The normalized spacial score (nSPS) is 14.4. The summed E-state index contributed by atoms with van der Waals surface area (Å²) in [4.78, 5) is 48.9. The van der Waals surface area contributed by atoms with Crippen LogP contribution in [0.1, 0.15) is 21.5 Å². The summed E-state index contributed by atoms with van der Waals surface area (Å²) in [6.07, 6.45) is 5.08. The molecule has 2 aromatic carbocycles. The molecule has 10 heteroatoms. The second-order valence-corrected chi connectivity index (χ2v) is 9.57. The molecule has 1 aliphatic heterocycles. The Bertz CT molecular complexity index is 1480. The molecule has 5 rings (SSSR count). The summed E-state index contributed by atoms with van der Waals surface area (Å²) in [5.74, 6) is -2.19. The van der Waals surface area contributed by atoms with Crippen LogP contribution in [0.2, 0.25) is 0 Å². The number of ketones is 1. The molecule has 1 aliphatic rings. The van der Waals surface area contributed by atoms with Crippen LogP contribution in [0.25, 0.3) is 17.1 Å². The number of pyridine rings is 1. The average molecular weight is 539 g/mol. The predicted molar refractivity (Wildman–Crippen MR) is 148 cm³/mol. The molecule has 2 amide bonds. The molecule has 1 unspecified atom stereocenters.